The van der Waals surface area contributed by atoms with E-state index in [9.17, 15) is 9.59 Å². The van der Waals surface area contributed by atoms with Gasteiger partial charge < -0.3 is 15.0 Å². The second-order valence-corrected chi connectivity index (χ2v) is 7.44. The van der Waals surface area contributed by atoms with E-state index in [1.54, 1.807) is 35.5 Å². The Morgan fingerprint density at radius 1 is 1.00 bits per heavy atom. The first-order valence-corrected chi connectivity index (χ1v) is 9.78. The highest BCUT2D eigenvalue weighted by atomic mass is 35.5. The standard InChI is InChI=1S/C23H16ClN3O3/c24-16-5-6-19-17(11-16)27(13-15-3-1-2-4-18(15)30-19)21-20(22(28)23(21)29)26-12-14-7-9-25-10-8-14/h1-11,26H,12-13H2. The van der Waals surface area contributed by atoms with E-state index in [2.05, 4.69) is 10.3 Å². The summed E-state index contributed by atoms with van der Waals surface area (Å²) in [7, 11) is 0. The van der Waals surface area contributed by atoms with Crippen molar-refractivity contribution >= 4 is 28.7 Å². The van der Waals surface area contributed by atoms with Crippen LogP contribution in [0.4, 0.5) is 17.1 Å². The van der Waals surface area contributed by atoms with Crippen LogP contribution in [0, 0.1) is 0 Å². The quantitative estimate of drug-likeness (QED) is 0.497. The van der Waals surface area contributed by atoms with Crippen molar-refractivity contribution in [1.82, 2.24) is 4.98 Å². The van der Waals surface area contributed by atoms with Crippen LogP contribution in [-0.2, 0) is 13.1 Å². The van der Waals surface area contributed by atoms with Gasteiger partial charge in [-0.3, -0.25) is 14.6 Å². The maximum Gasteiger partial charge on any atom is 0.253 e. The van der Waals surface area contributed by atoms with Gasteiger partial charge in [-0.15, -0.1) is 0 Å². The van der Waals surface area contributed by atoms with E-state index >= 15 is 0 Å². The predicted octanol–water partition coefficient (Wildman–Crippen LogP) is 4.39. The van der Waals surface area contributed by atoms with Gasteiger partial charge in [0, 0.05) is 29.5 Å². The van der Waals surface area contributed by atoms with E-state index in [0.29, 0.717) is 46.7 Å². The Bertz CT molecular complexity index is 1310. The molecule has 0 fully saturated rings. The Morgan fingerprint density at radius 3 is 2.63 bits per heavy atom. The first-order valence-electron chi connectivity index (χ1n) is 9.41. The van der Waals surface area contributed by atoms with Crippen LogP contribution in [0.1, 0.15) is 11.1 Å². The highest BCUT2D eigenvalue weighted by Crippen LogP contribution is 2.44. The van der Waals surface area contributed by atoms with Crippen molar-refractivity contribution in [2.45, 2.75) is 13.1 Å². The topological polar surface area (TPSA) is 71.5 Å². The lowest BCUT2D eigenvalue weighted by molar-refractivity contribution is 0.484. The van der Waals surface area contributed by atoms with E-state index in [4.69, 9.17) is 16.3 Å². The Hall–Kier alpha value is -3.64. The van der Waals surface area contributed by atoms with Crippen molar-refractivity contribution in [2.24, 2.45) is 0 Å². The van der Waals surface area contributed by atoms with Gasteiger partial charge in [-0.1, -0.05) is 29.8 Å². The van der Waals surface area contributed by atoms with E-state index in [1.165, 1.54) is 0 Å². The Kier molecular flexibility index (Phi) is 4.48. The van der Waals surface area contributed by atoms with Crippen LogP contribution in [-0.4, -0.2) is 4.98 Å². The molecule has 1 N–H and O–H groups in total. The molecule has 7 heteroatoms. The number of anilines is 3. The predicted molar refractivity (Wildman–Crippen MR) is 117 cm³/mol. The first-order chi connectivity index (χ1) is 14.6. The van der Waals surface area contributed by atoms with Gasteiger partial charge in [-0.2, -0.15) is 0 Å². The zero-order chi connectivity index (χ0) is 20.7. The molecule has 30 heavy (non-hydrogen) atoms. The Labute approximate surface area is 177 Å². The molecule has 4 aromatic rings. The summed E-state index contributed by atoms with van der Waals surface area (Å²) in [4.78, 5) is 30.8. The number of aromatic nitrogens is 1. The molecule has 0 atom stereocenters. The summed E-state index contributed by atoms with van der Waals surface area (Å²) in [5.41, 5.74) is 2.05. The number of nitrogens with one attached hydrogen (secondary N) is 1. The molecule has 1 aliphatic heterocycles. The third-order valence-corrected chi connectivity index (χ3v) is 5.34. The number of benzene rings is 2. The normalized spacial score (nSPS) is 12.6. The van der Waals surface area contributed by atoms with E-state index in [0.717, 1.165) is 11.1 Å². The van der Waals surface area contributed by atoms with E-state index in [1.807, 2.05) is 36.4 Å². The molecule has 1 aromatic heterocycles. The third kappa shape index (κ3) is 3.11. The second kappa shape index (κ2) is 7.31. The summed E-state index contributed by atoms with van der Waals surface area (Å²) < 4.78 is 6.09. The van der Waals surface area contributed by atoms with Gasteiger partial charge in [0.15, 0.2) is 5.75 Å². The number of nitrogens with zero attached hydrogens (tertiary/aromatic N) is 2. The SMILES string of the molecule is O=c1c(NCc2ccncc2)c(N2Cc3ccccc3Oc3ccc(Cl)cc32)c1=O. The molecule has 0 radical (unpaired) electrons. The summed E-state index contributed by atoms with van der Waals surface area (Å²) in [6, 6.07) is 16.6. The largest absolute Gasteiger partial charge is 0.455 e. The fourth-order valence-electron chi connectivity index (χ4n) is 3.59. The lowest BCUT2D eigenvalue weighted by atomic mass is 10.1. The fraction of sp³-hybridized carbons (Fsp3) is 0.0870. The van der Waals surface area contributed by atoms with Gasteiger partial charge in [-0.05, 0) is 42.0 Å². The van der Waals surface area contributed by atoms with Crippen molar-refractivity contribution in [3.63, 3.8) is 0 Å². The molecule has 0 saturated carbocycles. The molecule has 2 heterocycles. The van der Waals surface area contributed by atoms with Gasteiger partial charge in [0.25, 0.3) is 10.9 Å². The third-order valence-electron chi connectivity index (χ3n) is 5.11. The van der Waals surface area contributed by atoms with E-state index < -0.39 is 10.9 Å². The minimum Gasteiger partial charge on any atom is -0.455 e. The fourth-order valence-corrected chi connectivity index (χ4v) is 3.75. The molecule has 0 amide bonds. The molecule has 6 nitrogen and oxygen atoms in total. The lowest BCUT2D eigenvalue weighted by Gasteiger charge is -2.27. The number of hydrogen-bond acceptors (Lipinski definition) is 6. The van der Waals surface area contributed by atoms with Crippen LogP contribution in [0.5, 0.6) is 11.5 Å². The maximum atomic E-state index is 12.6. The minimum atomic E-state index is -0.530. The molecule has 0 aliphatic carbocycles. The van der Waals surface area contributed by atoms with Crippen LogP contribution < -0.4 is 25.8 Å². The summed E-state index contributed by atoms with van der Waals surface area (Å²) >= 11 is 6.24. The summed E-state index contributed by atoms with van der Waals surface area (Å²) in [6.45, 7) is 0.780. The zero-order valence-corrected chi connectivity index (χ0v) is 16.5. The van der Waals surface area contributed by atoms with Gasteiger partial charge >= 0.3 is 0 Å². The number of fused-ring (bicyclic) bond motifs is 2. The summed E-state index contributed by atoms with van der Waals surface area (Å²) in [5.74, 6) is 1.27. The van der Waals surface area contributed by atoms with Gasteiger partial charge in [0.05, 0.1) is 12.2 Å². The molecule has 0 unspecified atom stereocenters. The van der Waals surface area contributed by atoms with Crippen molar-refractivity contribution in [3.05, 3.63) is 104 Å². The van der Waals surface area contributed by atoms with Crippen molar-refractivity contribution in [2.75, 3.05) is 10.2 Å². The molecular weight excluding hydrogens is 402 g/mol. The molecule has 5 rings (SSSR count). The van der Waals surface area contributed by atoms with Crippen LogP contribution >= 0.6 is 11.6 Å². The number of rotatable bonds is 4. The minimum absolute atomic E-state index is 0.294. The number of pyridine rings is 1. The molecule has 3 aromatic carbocycles. The van der Waals surface area contributed by atoms with E-state index in [-0.39, 0.29) is 0 Å². The van der Waals surface area contributed by atoms with Gasteiger partial charge in [0.2, 0.25) is 0 Å². The van der Waals surface area contributed by atoms with Crippen molar-refractivity contribution in [1.29, 1.82) is 0 Å². The number of ether oxygens (including phenoxy) is 1. The smallest absolute Gasteiger partial charge is 0.253 e. The second-order valence-electron chi connectivity index (χ2n) is 7.00. The van der Waals surface area contributed by atoms with Crippen LogP contribution in [0.3, 0.4) is 0 Å². The first kappa shape index (κ1) is 18.4. The van der Waals surface area contributed by atoms with Crippen molar-refractivity contribution in [3.8, 4) is 11.5 Å². The number of para-hydroxylation sites is 1. The van der Waals surface area contributed by atoms with Crippen LogP contribution in [0.25, 0.3) is 0 Å². The highest BCUT2D eigenvalue weighted by Gasteiger charge is 2.31. The summed E-state index contributed by atoms with van der Waals surface area (Å²) in [5, 5.41) is 3.63. The molecule has 0 bridgehead atoms. The average Bonchev–Trinajstić information content (AvgIpc) is 2.93. The average molecular weight is 418 g/mol. The Balaban J connectivity index is 1.58. The maximum absolute atomic E-state index is 12.6. The van der Waals surface area contributed by atoms with Crippen LogP contribution in [0.2, 0.25) is 5.02 Å². The van der Waals surface area contributed by atoms with Crippen LogP contribution in [0.15, 0.2) is 76.6 Å². The molecule has 0 spiro atoms. The molecule has 0 saturated heterocycles. The number of halogens is 1. The zero-order valence-electron chi connectivity index (χ0n) is 15.8. The molecule has 1 aliphatic rings. The number of hydrogen-bond donors (Lipinski definition) is 1. The molecular formula is C23H16ClN3O3. The molecule has 148 valence electrons. The Morgan fingerprint density at radius 2 is 1.80 bits per heavy atom. The van der Waals surface area contributed by atoms with Gasteiger partial charge in [-0.25, -0.2) is 0 Å². The lowest BCUT2D eigenvalue weighted by Crippen LogP contribution is -2.40. The monoisotopic (exact) mass is 417 g/mol. The van der Waals surface area contributed by atoms with Crippen molar-refractivity contribution < 1.29 is 4.74 Å². The van der Waals surface area contributed by atoms with Gasteiger partial charge in [0.1, 0.15) is 17.1 Å². The highest BCUT2D eigenvalue weighted by molar-refractivity contribution is 6.31. The summed E-state index contributed by atoms with van der Waals surface area (Å²) in [6.07, 6.45) is 3.36.